The van der Waals surface area contributed by atoms with E-state index < -0.39 is 0 Å². The van der Waals surface area contributed by atoms with Gasteiger partial charge in [-0.1, -0.05) is 30.8 Å². The van der Waals surface area contributed by atoms with Crippen LogP contribution in [0.25, 0.3) is 10.2 Å². The maximum atomic E-state index is 12.7. The molecule has 0 aliphatic heterocycles. The molecule has 0 radical (unpaired) electrons. The number of Topliss-reactive ketones (excluding diaryl/α,β-unsaturated/α-hetero) is 1. The first-order chi connectivity index (χ1) is 13.0. The molecule has 4 nitrogen and oxygen atoms in total. The van der Waals surface area contributed by atoms with Crippen LogP contribution in [0, 0.1) is 12.8 Å². The summed E-state index contributed by atoms with van der Waals surface area (Å²) in [6.07, 6.45) is 3.42. The highest BCUT2D eigenvalue weighted by molar-refractivity contribution is 8.00. The number of ketones is 1. The van der Waals surface area contributed by atoms with Gasteiger partial charge in [0.2, 0.25) is 0 Å². The number of hydrogen-bond acceptors (Lipinski definition) is 6. The number of ether oxygens (including phenoxy) is 1. The fraction of sp³-hybridized carbons (Fsp3) is 0.381. The summed E-state index contributed by atoms with van der Waals surface area (Å²) in [6, 6.07) is 7.32. The quantitative estimate of drug-likeness (QED) is 0.340. The number of aromatic nitrogens is 2. The number of fused-ring (bicyclic) bond motifs is 3. The van der Waals surface area contributed by atoms with Crippen LogP contribution in [-0.2, 0) is 12.8 Å². The lowest BCUT2D eigenvalue weighted by Gasteiger charge is -2.18. The summed E-state index contributed by atoms with van der Waals surface area (Å²) < 4.78 is 5.22. The van der Waals surface area contributed by atoms with Gasteiger partial charge in [0.05, 0.1) is 12.9 Å². The standard InChI is InChI=1S/C21H22N2O2S2/c1-12-7-8-16-18(9-12)27-21-19(16)20(22-13(2)23-21)26-11-17(24)14-5-4-6-15(10-14)25-3/h4-6,10,12H,7-9,11H2,1-3H3. The van der Waals surface area contributed by atoms with Crippen molar-refractivity contribution in [3.05, 3.63) is 46.1 Å². The van der Waals surface area contributed by atoms with Crippen molar-refractivity contribution in [3.63, 3.8) is 0 Å². The predicted molar refractivity (Wildman–Crippen MR) is 111 cm³/mol. The molecule has 27 heavy (non-hydrogen) atoms. The van der Waals surface area contributed by atoms with E-state index in [4.69, 9.17) is 4.74 Å². The topological polar surface area (TPSA) is 52.1 Å². The van der Waals surface area contributed by atoms with E-state index in [0.717, 1.165) is 34.4 Å². The molecule has 0 bridgehead atoms. The van der Waals surface area contributed by atoms with E-state index in [0.29, 0.717) is 17.1 Å². The van der Waals surface area contributed by atoms with Gasteiger partial charge in [0, 0.05) is 15.8 Å². The molecule has 140 valence electrons. The average Bonchev–Trinajstić information content (AvgIpc) is 3.02. The lowest BCUT2D eigenvalue weighted by atomic mass is 9.89. The Hall–Kier alpha value is -1.92. The number of thioether (sulfide) groups is 1. The maximum absolute atomic E-state index is 12.7. The number of rotatable bonds is 5. The van der Waals surface area contributed by atoms with Crippen molar-refractivity contribution in [2.45, 2.75) is 38.1 Å². The number of thiophene rings is 1. The van der Waals surface area contributed by atoms with Gasteiger partial charge in [0.25, 0.3) is 0 Å². The average molecular weight is 399 g/mol. The Kier molecular flexibility index (Phi) is 5.19. The Labute approximate surface area is 167 Å². The Balaban J connectivity index is 1.62. The molecule has 1 aliphatic rings. The van der Waals surface area contributed by atoms with E-state index in [1.807, 2.05) is 25.1 Å². The molecule has 0 spiro atoms. The van der Waals surface area contributed by atoms with E-state index in [-0.39, 0.29) is 5.78 Å². The van der Waals surface area contributed by atoms with E-state index in [9.17, 15) is 4.79 Å². The number of hydrogen-bond donors (Lipinski definition) is 0. The molecule has 2 aromatic heterocycles. The molecule has 1 atom stereocenters. The van der Waals surface area contributed by atoms with Gasteiger partial charge in [0.15, 0.2) is 5.78 Å². The van der Waals surface area contributed by atoms with Crippen LogP contribution in [0.2, 0.25) is 0 Å². The molecule has 4 rings (SSSR count). The monoisotopic (exact) mass is 398 g/mol. The second-order valence-electron chi connectivity index (χ2n) is 7.05. The van der Waals surface area contributed by atoms with E-state index in [2.05, 4.69) is 16.9 Å². The summed E-state index contributed by atoms with van der Waals surface area (Å²) >= 11 is 3.33. The highest BCUT2D eigenvalue weighted by Crippen LogP contribution is 2.41. The molecule has 0 saturated heterocycles. The molecule has 2 heterocycles. The minimum atomic E-state index is 0.0843. The lowest BCUT2D eigenvalue weighted by molar-refractivity contribution is 0.102. The largest absolute Gasteiger partial charge is 0.497 e. The van der Waals surface area contributed by atoms with Gasteiger partial charge >= 0.3 is 0 Å². The zero-order valence-electron chi connectivity index (χ0n) is 15.7. The van der Waals surface area contributed by atoms with Crippen molar-refractivity contribution in [3.8, 4) is 5.75 Å². The van der Waals surface area contributed by atoms with Gasteiger partial charge in [-0.15, -0.1) is 11.3 Å². The zero-order chi connectivity index (χ0) is 19.0. The van der Waals surface area contributed by atoms with E-state index >= 15 is 0 Å². The number of benzene rings is 1. The summed E-state index contributed by atoms with van der Waals surface area (Å²) in [5.74, 6) is 2.64. The zero-order valence-corrected chi connectivity index (χ0v) is 17.4. The Morgan fingerprint density at radius 1 is 1.37 bits per heavy atom. The third kappa shape index (κ3) is 3.73. The molecule has 1 aromatic carbocycles. The van der Waals surface area contributed by atoms with Gasteiger partial charge in [-0.25, -0.2) is 9.97 Å². The SMILES string of the molecule is COc1cccc(C(=O)CSc2nc(C)nc3sc4c(c23)CCC(C)C4)c1. The van der Waals surface area contributed by atoms with Crippen LogP contribution in [0.15, 0.2) is 29.3 Å². The number of carbonyl (C=O) groups excluding carboxylic acids is 1. The van der Waals surface area contributed by atoms with Crippen LogP contribution < -0.4 is 4.74 Å². The summed E-state index contributed by atoms with van der Waals surface area (Å²) in [7, 11) is 1.61. The number of aryl methyl sites for hydroxylation is 2. The highest BCUT2D eigenvalue weighted by Gasteiger charge is 2.24. The molecule has 0 N–H and O–H groups in total. The first kappa shape index (κ1) is 18.4. The molecule has 1 unspecified atom stereocenters. The van der Waals surface area contributed by atoms with Gasteiger partial charge < -0.3 is 4.74 Å². The summed E-state index contributed by atoms with van der Waals surface area (Å²) in [4.78, 5) is 24.5. The molecular formula is C21H22N2O2S2. The molecule has 1 aliphatic carbocycles. The first-order valence-corrected chi connectivity index (χ1v) is 10.9. The summed E-state index contributed by atoms with van der Waals surface area (Å²) in [6.45, 7) is 4.24. The van der Waals surface area contributed by atoms with Crippen molar-refractivity contribution in [2.75, 3.05) is 12.9 Å². The molecular weight excluding hydrogens is 376 g/mol. The molecule has 0 saturated carbocycles. The minimum Gasteiger partial charge on any atom is -0.497 e. The number of carbonyl (C=O) groups is 1. The van der Waals surface area contributed by atoms with Crippen molar-refractivity contribution in [1.82, 2.24) is 9.97 Å². The fourth-order valence-electron chi connectivity index (χ4n) is 3.53. The van der Waals surface area contributed by atoms with Gasteiger partial charge in [-0.05, 0) is 49.8 Å². The van der Waals surface area contributed by atoms with Crippen LogP contribution in [-0.4, -0.2) is 28.6 Å². The van der Waals surface area contributed by atoms with Crippen molar-refractivity contribution in [1.29, 1.82) is 0 Å². The van der Waals surface area contributed by atoms with Gasteiger partial charge in [-0.2, -0.15) is 0 Å². The molecule has 6 heteroatoms. The van der Waals surface area contributed by atoms with Crippen molar-refractivity contribution < 1.29 is 9.53 Å². The minimum absolute atomic E-state index is 0.0843. The predicted octanol–water partition coefficient (Wildman–Crippen LogP) is 5.11. The van der Waals surface area contributed by atoms with Crippen LogP contribution in [0.4, 0.5) is 0 Å². The number of nitrogens with zero attached hydrogens (tertiary/aromatic N) is 2. The van der Waals surface area contributed by atoms with Gasteiger partial charge in [0.1, 0.15) is 21.4 Å². The van der Waals surface area contributed by atoms with Crippen LogP contribution in [0.3, 0.4) is 0 Å². The lowest BCUT2D eigenvalue weighted by Crippen LogP contribution is -2.09. The van der Waals surface area contributed by atoms with Crippen LogP contribution >= 0.6 is 23.1 Å². The highest BCUT2D eigenvalue weighted by atomic mass is 32.2. The maximum Gasteiger partial charge on any atom is 0.173 e. The fourth-order valence-corrected chi connectivity index (χ4v) is 6.02. The van der Waals surface area contributed by atoms with Crippen molar-refractivity contribution in [2.24, 2.45) is 5.92 Å². The first-order valence-electron chi connectivity index (χ1n) is 9.14. The second-order valence-corrected chi connectivity index (χ2v) is 9.10. The smallest absolute Gasteiger partial charge is 0.173 e. The van der Waals surface area contributed by atoms with Crippen molar-refractivity contribution >= 4 is 39.1 Å². The molecule has 0 fully saturated rings. The normalized spacial score (nSPS) is 16.3. The van der Waals surface area contributed by atoms with Gasteiger partial charge in [-0.3, -0.25) is 4.79 Å². The number of methoxy groups -OCH3 is 1. The second kappa shape index (κ2) is 7.60. The summed E-state index contributed by atoms with van der Waals surface area (Å²) in [5, 5.41) is 2.12. The van der Waals surface area contributed by atoms with E-state index in [1.165, 1.54) is 34.0 Å². The Morgan fingerprint density at radius 2 is 2.22 bits per heavy atom. The molecule has 3 aromatic rings. The Morgan fingerprint density at radius 3 is 3.04 bits per heavy atom. The van der Waals surface area contributed by atoms with Crippen LogP contribution in [0.5, 0.6) is 5.75 Å². The van der Waals surface area contributed by atoms with E-state index in [1.54, 1.807) is 24.5 Å². The third-order valence-electron chi connectivity index (χ3n) is 4.97. The third-order valence-corrected chi connectivity index (χ3v) is 7.09. The summed E-state index contributed by atoms with van der Waals surface area (Å²) in [5.41, 5.74) is 2.08. The van der Waals surface area contributed by atoms with Crippen LogP contribution in [0.1, 0.15) is 40.0 Å². The molecule has 0 amide bonds. The Bertz CT molecular complexity index is 1010.